The van der Waals surface area contributed by atoms with Crippen LogP contribution in [0.3, 0.4) is 0 Å². The summed E-state index contributed by atoms with van der Waals surface area (Å²) in [5.74, 6) is -2.76. The van der Waals surface area contributed by atoms with E-state index >= 15 is 0 Å². The highest BCUT2D eigenvalue weighted by Gasteiger charge is 2.47. The lowest BCUT2D eigenvalue weighted by Gasteiger charge is -2.57. The van der Waals surface area contributed by atoms with Crippen molar-refractivity contribution < 1.29 is 23.1 Å². The average molecular weight is 367 g/mol. The van der Waals surface area contributed by atoms with Crippen LogP contribution in [0.15, 0.2) is 28.7 Å². The van der Waals surface area contributed by atoms with Gasteiger partial charge in [0.2, 0.25) is 0 Å². The fourth-order valence-corrected chi connectivity index (χ4v) is 2.56. The second-order valence-electron chi connectivity index (χ2n) is 5.24. The van der Waals surface area contributed by atoms with Gasteiger partial charge in [0.1, 0.15) is 0 Å². The minimum atomic E-state index is -5.08. The number of carboxylic acids is 1. The van der Waals surface area contributed by atoms with Crippen LogP contribution in [-0.4, -0.2) is 43.4 Å². The van der Waals surface area contributed by atoms with Crippen molar-refractivity contribution in [3.05, 3.63) is 28.7 Å². The first-order valence-electron chi connectivity index (χ1n) is 6.23. The molecule has 3 rings (SSSR count). The minimum Gasteiger partial charge on any atom is -0.475 e. The molecule has 1 spiro atoms. The van der Waals surface area contributed by atoms with Gasteiger partial charge < -0.3 is 15.3 Å². The van der Waals surface area contributed by atoms with Crippen LogP contribution in [0.5, 0.6) is 0 Å². The Labute approximate surface area is 128 Å². The highest BCUT2D eigenvalue weighted by molar-refractivity contribution is 9.10. The van der Waals surface area contributed by atoms with Crippen molar-refractivity contribution in [3.63, 3.8) is 0 Å². The minimum absolute atomic E-state index is 0.618. The number of benzene rings is 1. The number of hydrogen-bond donors (Lipinski definition) is 2. The third kappa shape index (κ3) is 3.88. The number of rotatable bonds is 1. The molecule has 2 heterocycles. The Hall–Kier alpha value is -1.28. The number of carbonyl (C=O) groups is 1. The number of anilines is 1. The summed E-state index contributed by atoms with van der Waals surface area (Å²) < 4.78 is 32.9. The number of aliphatic carboxylic acids is 1. The van der Waals surface area contributed by atoms with Crippen molar-refractivity contribution in [2.75, 3.05) is 31.1 Å². The molecule has 2 fully saturated rings. The molecule has 0 aromatic heterocycles. The predicted molar refractivity (Wildman–Crippen MR) is 75.3 cm³/mol. The Bertz CT molecular complexity index is 507. The van der Waals surface area contributed by atoms with Crippen LogP contribution >= 0.6 is 15.9 Å². The van der Waals surface area contributed by atoms with Gasteiger partial charge in [0.25, 0.3) is 0 Å². The summed E-state index contributed by atoms with van der Waals surface area (Å²) in [4.78, 5) is 11.3. The molecule has 8 heteroatoms. The molecule has 0 saturated carbocycles. The number of halogens is 4. The molecule has 2 saturated heterocycles. The summed E-state index contributed by atoms with van der Waals surface area (Å²) in [5, 5.41) is 10.5. The maximum absolute atomic E-state index is 10.6. The van der Waals surface area contributed by atoms with Gasteiger partial charge >= 0.3 is 12.1 Å². The van der Waals surface area contributed by atoms with Gasteiger partial charge in [-0.1, -0.05) is 15.9 Å². The number of nitrogens with one attached hydrogen (secondary N) is 1. The molecule has 2 aliphatic rings. The third-order valence-electron chi connectivity index (χ3n) is 3.49. The Morgan fingerprint density at radius 3 is 2.05 bits per heavy atom. The number of nitrogens with zero attached hydrogens (tertiary/aromatic N) is 1. The SMILES string of the molecule is Brc1ccc(N2CC3(CNC3)C2)cc1.O=C(O)C(F)(F)F. The summed E-state index contributed by atoms with van der Waals surface area (Å²) in [6.07, 6.45) is -5.08. The monoisotopic (exact) mass is 366 g/mol. The molecule has 0 aliphatic carbocycles. The second-order valence-corrected chi connectivity index (χ2v) is 6.15. The van der Waals surface area contributed by atoms with E-state index in [9.17, 15) is 13.2 Å². The van der Waals surface area contributed by atoms with E-state index in [1.165, 1.54) is 31.9 Å². The molecule has 2 N–H and O–H groups in total. The van der Waals surface area contributed by atoms with Crippen LogP contribution in [0.4, 0.5) is 18.9 Å². The van der Waals surface area contributed by atoms with Crippen molar-refractivity contribution in [1.82, 2.24) is 5.32 Å². The van der Waals surface area contributed by atoms with Gasteiger partial charge in [-0.3, -0.25) is 0 Å². The normalized spacial score (nSPS) is 19.1. The topological polar surface area (TPSA) is 52.6 Å². The lowest BCUT2D eigenvalue weighted by atomic mass is 9.74. The molecule has 0 bridgehead atoms. The molecule has 0 radical (unpaired) electrons. The van der Waals surface area contributed by atoms with E-state index in [0.717, 1.165) is 4.47 Å². The molecule has 0 atom stereocenters. The van der Waals surface area contributed by atoms with Crippen LogP contribution in [0.25, 0.3) is 0 Å². The quantitative estimate of drug-likeness (QED) is 0.801. The van der Waals surface area contributed by atoms with E-state index in [-0.39, 0.29) is 0 Å². The lowest BCUT2D eigenvalue weighted by Crippen LogP contribution is -2.71. The van der Waals surface area contributed by atoms with Crippen LogP contribution in [-0.2, 0) is 4.79 Å². The Balaban J connectivity index is 0.000000199. The molecule has 21 heavy (non-hydrogen) atoms. The fraction of sp³-hybridized carbons (Fsp3) is 0.462. The van der Waals surface area contributed by atoms with Gasteiger partial charge in [-0.05, 0) is 24.3 Å². The zero-order chi connectivity index (χ0) is 15.7. The van der Waals surface area contributed by atoms with Gasteiger partial charge in [0.15, 0.2) is 0 Å². The maximum Gasteiger partial charge on any atom is 0.490 e. The third-order valence-corrected chi connectivity index (χ3v) is 4.02. The maximum atomic E-state index is 10.6. The highest BCUT2D eigenvalue weighted by atomic mass is 79.9. The van der Waals surface area contributed by atoms with Crippen molar-refractivity contribution in [2.45, 2.75) is 6.18 Å². The van der Waals surface area contributed by atoms with E-state index in [1.54, 1.807) is 0 Å². The van der Waals surface area contributed by atoms with Crippen molar-refractivity contribution in [3.8, 4) is 0 Å². The average Bonchev–Trinajstić information content (AvgIpc) is 2.27. The first kappa shape index (κ1) is 16.1. The molecule has 1 aromatic carbocycles. The van der Waals surface area contributed by atoms with E-state index < -0.39 is 12.1 Å². The van der Waals surface area contributed by atoms with E-state index in [4.69, 9.17) is 9.90 Å². The van der Waals surface area contributed by atoms with Crippen molar-refractivity contribution >= 4 is 27.6 Å². The Kier molecular flexibility index (Phi) is 4.48. The largest absolute Gasteiger partial charge is 0.490 e. The van der Waals surface area contributed by atoms with Crippen molar-refractivity contribution in [2.24, 2.45) is 5.41 Å². The van der Waals surface area contributed by atoms with Gasteiger partial charge in [0.05, 0.1) is 0 Å². The standard InChI is InChI=1S/C11H13BrN2.C2HF3O2/c12-9-1-3-10(4-2-9)14-7-11(8-14)5-13-6-11;3-2(4,5)1(6)7/h1-4,13H,5-8H2;(H,6,7). The Morgan fingerprint density at radius 1 is 1.24 bits per heavy atom. The zero-order valence-corrected chi connectivity index (χ0v) is 12.5. The van der Waals surface area contributed by atoms with Crippen LogP contribution in [0, 0.1) is 5.41 Å². The number of carboxylic acid groups (broad SMARTS) is 1. The summed E-state index contributed by atoms with van der Waals surface area (Å²) in [6, 6.07) is 8.59. The number of alkyl halides is 3. The Morgan fingerprint density at radius 2 is 1.71 bits per heavy atom. The summed E-state index contributed by atoms with van der Waals surface area (Å²) in [5.41, 5.74) is 1.97. The van der Waals surface area contributed by atoms with E-state index in [2.05, 4.69) is 50.4 Å². The van der Waals surface area contributed by atoms with Crippen LogP contribution in [0.2, 0.25) is 0 Å². The van der Waals surface area contributed by atoms with E-state index in [0.29, 0.717) is 5.41 Å². The molecule has 116 valence electrons. The second kappa shape index (κ2) is 5.84. The summed E-state index contributed by atoms with van der Waals surface area (Å²) >= 11 is 3.45. The van der Waals surface area contributed by atoms with Crippen molar-refractivity contribution in [1.29, 1.82) is 0 Å². The molecule has 0 unspecified atom stereocenters. The molecular formula is C13H14BrF3N2O2. The summed E-state index contributed by atoms with van der Waals surface area (Å²) in [7, 11) is 0. The molecule has 1 aromatic rings. The van der Waals surface area contributed by atoms with Crippen LogP contribution < -0.4 is 10.2 Å². The molecule has 0 amide bonds. The van der Waals surface area contributed by atoms with Gasteiger partial charge in [-0.25, -0.2) is 4.79 Å². The fourth-order valence-electron chi connectivity index (χ4n) is 2.30. The zero-order valence-electron chi connectivity index (χ0n) is 11.0. The van der Waals surface area contributed by atoms with Gasteiger partial charge in [-0.2, -0.15) is 13.2 Å². The summed E-state index contributed by atoms with van der Waals surface area (Å²) in [6.45, 7) is 4.86. The first-order valence-corrected chi connectivity index (χ1v) is 7.03. The van der Waals surface area contributed by atoms with Gasteiger partial charge in [0, 0.05) is 41.8 Å². The van der Waals surface area contributed by atoms with E-state index in [1.807, 2.05) is 0 Å². The molecule has 4 nitrogen and oxygen atoms in total. The number of hydrogen-bond acceptors (Lipinski definition) is 3. The van der Waals surface area contributed by atoms with Gasteiger partial charge in [-0.15, -0.1) is 0 Å². The first-order chi connectivity index (χ1) is 9.72. The van der Waals surface area contributed by atoms with Crippen LogP contribution in [0.1, 0.15) is 0 Å². The highest BCUT2D eigenvalue weighted by Crippen LogP contribution is 2.37. The smallest absolute Gasteiger partial charge is 0.475 e. The lowest BCUT2D eigenvalue weighted by molar-refractivity contribution is -0.192. The predicted octanol–water partition coefficient (Wildman–Crippen LogP) is 2.49. The molecule has 2 aliphatic heterocycles. The molecular weight excluding hydrogens is 353 g/mol.